The van der Waals surface area contributed by atoms with E-state index < -0.39 is 0 Å². The minimum atomic E-state index is -0.141. The van der Waals surface area contributed by atoms with Gasteiger partial charge in [0.2, 0.25) is 0 Å². The molecule has 1 saturated heterocycles. The molecule has 1 N–H and O–H groups in total. The third kappa shape index (κ3) is 4.12. The number of hydrogen-bond donors (Lipinski definition) is 1. The Bertz CT molecular complexity index is 466. The summed E-state index contributed by atoms with van der Waals surface area (Å²) >= 11 is 3.41. The molecular weight excluding hydrogens is 322 g/mol. The molecule has 1 aliphatic rings. The Morgan fingerprint density at radius 3 is 2.90 bits per heavy atom. The molecule has 1 aliphatic heterocycles. The topological polar surface area (TPSA) is 49.8 Å². The van der Waals surface area contributed by atoms with Gasteiger partial charge in [-0.25, -0.2) is 0 Å². The van der Waals surface area contributed by atoms with E-state index in [1.54, 1.807) is 0 Å². The molecule has 2 unspecified atom stereocenters. The molecule has 0 aliphatic carbocycles. The standard InChI is InChI=1S/C15H20BrNO3/c1-11-8-17(9-12(10-18)20-11)7-6-15(19)13-4-2-3-5-14(13)16/h2-5,11-12,18H,6-10H2,1H3. The number of benzene rings is 1. The van der Waals surface area contributed by atoms with Gasteiger partial charge in [-0.3, -0.25) is 9.69 Å². The first kappa shape index (κ1) is 15.6. The molecule has 0 spiro atoms. The highest BCUT2D eigenvalue weighted by Gasteiger charge is 2.25. The average Bonchev–Trinajstić information content (AvgIpc) is 2.44. The van der Waals surface area contributed by atoms with Crippen LogP contribution in [0.1, 0.15) is 23.7 Å². The molecular formula is C15H20BrNO3. The van der Waals surface area contributed by atoms with Crippen LogP contribution in [-0.2, 0) is 4.74 Å². The van der Waals surface area contributed by atoms with Crippen LogP contribution < -0.4 is 0 Å². The lowest BCUT2D eigenvalue weighted by Crippen LogP contribution is -2.48. The lowest BCUT2D eigenvalue weighted by molar-refractivity contribution is -0.0947. The van der Waals surface area contributed by atoms with Gasteiger partial charge in [-0.2, -0.15) is 0 Å². The highest BCUT2D eigenvalue weighted by molar-refractivity contribution is 9.10. The summed E-state index contributed by atoms with van der Waals surface area (Å²) in [7, 11) is 0. The number of hydrogen-bond acceptors (Lipinski definition) is 4. The van der Waals surface area contributed by atoms with Gasteiger partial charge in [0.25, 0.3) is 0 Å². The first-order chi connectivity index (χ1) is 9.60. The zero-order valence-electron chi connectivity index (χ0n) is 11.6. The first-order valence-electron chi connectivity index (χ1n) is 6.86. The van der Waals surface area contributed by atoms with Crippen molar-refractivity contribution in [3.05, 3.63) is 34.3 Å². The predicted octanol–water partition coefficient (Wildman–Crippen LogP) is 2.10. The molecule has 1 aromatic rings. The molecule has 0 aromatic heterocycles. The largest absolute Gasteiger partial charge is 0.394 e. The number of halogens is 1. The molecule has 5 heteroatoms. The summed E-state index contributed by atoms with van der Waals surface area (Å²) < 4.78 is 6.43. The Morgan fingerprint density at radius 2 is 2.20 bits per heavy atom. The van der Waals surface area contributed by atoms with Crippen molar-refractivity contribution in [2.45, 2.75) is 25.6 Å². The Morgan fingerprint density at radius 1 is 1.45 bits per heavy atom. The monoisotopic (exact) mass is 341 g/mol. The molecule has 0 saturated carbocycles. The van der Waals surface area contributed by atoms with Gasteiger partial charge < -0.3 is 9.84 Å². The number of ether oxygens (including phenoxy) is 1. The van der Waals surface area contributed by atoms with Gasteiger partial charge in [0.1, 0.15) is 0 Å². The van der Waals surface area contributed by atoms with Gasteiger partial charge in [0.15, 0.2) is 5.78 Å². The quantitative estimate of drug-likeness (QED) is 0.833. The van der Waals surface area contributed by atoms with E-state index in [2.05, 4.69) is 20.8 Å². The zero-order valence-corrected chi connectivity index (χ0v) is 13.2. The highest BCUT2D eigenvalue weighted by Crippen LogP contribution is 2.18. The van der Waals surface area contributed by atoms with Crippen LogP contribution in [0.15, 0.2) is 28.7 Å². The lowest BCUT2D eigenvalue weighted by atomic mass is 10.1. The Labute approximate surface area is 127 Å². The molecule has 1 fully saturated rings. The number of aliphatic hydroxyl groups excluding tert-OH is 1. The minimum Gasteiger partial charge on any atom is -0.394 e. The van der Waals surface area contributed by atoms with Crippen molar-refractivity contribution in [2.24, 2.45) is 0 Å². The van der Waals surface area contributed by atoms with E-state index >= 15 is 0 Å². The highest BCUT2D eigenvalue weighted by atomic mass is 79.9. The van der Waals surface area contributed by atoms with Gasteiger partial charge in [-0.15, -0.1) is 0 Å². The van der Waals surface area contributed by atoms with Crippen molar-refractivity contribution in [3.8, 4) is 0 Å². The number of morpholine rings is 1. The Balaban J connectivity index is 1.89. The Kier molecular flexibility index (Phi) is 5.72. The smallest absolute Gasteiger partial charge is 0.165 e. The summed E-state index contributed by atoms with van der Waals surface area (Å²) in [6, 6.07) is 7.49. The fourth-order valence-corrected chi connectivity index (χ4v) is 3.01. The van der Waals surface area contributed by atoms with E-state index in [1.165, 1.54) is 0 Å². The van der Waals surface area contributed by atoms with E-state index in [4.69, 9.17) is 4.74 Å². The SMILES string of the molecule is CC1CN(CCC(=O)c2ccccc2Br)CC(CO)O1. The zero-order chi connectivity index (χ0) is 14.5. The molecule has 4 nitrogen and oxygen atoms in total. The fraction of sp³-hybridized carbons (Fsp3) is 0.533. The molecule has 1 heterocycles. The number of nitrogens with zero attached hydrogens (tertiary/aromatic N) is 1. The van der Waals surface area contributed by atoms with Crippen molar-refractivity contribution in [2.75, 3.05) is 26.2 Å². The van der Waals surface area contributed by atoms with Crippen molar-refractivity contribution in [1.29, 1.82) is 0 Å². The molecule has 0 bridgehead atoms. The van der Waals surface area contributed by atoms with Gasteiger partial charge in [0, 0.05) is 36.1 Å². The number of ketones is 1. The number of aliphatic hydroxyl groups is 1. The number of carbonyl (C=O) groups excluding carboxylic acids is 1. The lowest BCUT2D eigenvalue weighted by Gasteiger charge is -2.35. The van der Waals surface area contributed by atoms with Crippen LogP contribution in [-0.4, -0.2) is 54.2 Å². The van der Waals surface area contributed by atoms with Crippen molar-refractivity contribution in [3.63, 3.8) is 0 Å². The maximum Gasteiger partial charge on any atom is 0.165 e. The summed E-state index contributed by atoms with van der Waals surface area (Å²) in [5.41, 5.74) is 0.729. The van der Waals surface area contributed by atoms with Gasteiger partial charge >= 0.3 is 0 Å². The maximum absolute atomic E-state index is 12.2. The summed E-state index contributed by atoms with van der Waals surface area (Å²) in [6.45, 7) is 4.21. The van der Waals surface area contributed by atoms with Crippen molar-refractivity contribution in [1.82, 2.24) is 4.90 Å². The second-order valence-electron chi connectivity index (χ2n) is 5.16. The van der Waals surface area contributed by atoms with Gasteiger partial charge in [-0.1, -0.05) is 34.1 Å². The maximum atomic E-state index is 12.2. The van der Waals surface area contributed by atoms with Crippen LogP contribution in [0.3, 0.4) is 0 Å². The molecule has 2 rings (SSSR count). The van der Waals surface area contributed by atoms with Crippen LogP contribution in [0, 0.1) is 0 Å². The third-order valence-corrected chi connectivity index (χ3v) is 4.13. The summed E-state index contributed by atoms with van der Waals surface area (Å²) in [5.74, 6) is 0.136. The van der Waals surface area contributed by atoms with Gasteiger partial charge in [-0.05, 0) is 13.0 Å². The Hall–Kier alpha value is -0.750. The van der Waals surface area contributed by atoms with E-state index in [0.717, 1.165) is 16.6 Å². The fourth-order valence-electron chi connectivity index (χ4n) is 2.51. The van der Waals surface area contributed by atoms with Crippen LogP contribution in [0.2, 0.25) is 0 Å². The molecule has 110 valence electrons. The molecule has 1 aromatic carbocycles. The number of Topliss-reactive ketones (excluding diaryl/α,β-unsaturated/α-hetero) is 1. The minimum absolute atomic E-state index is 0.0268. The molecule has 0 amide bonds. The van der Waals surface area contributed by atoms with E-state index in [0.29, 0.717) is 19.5 Å². The summed E-state index contributed by atoms with van der Waals surface area (Å²) in [4.78, 5) is 14.4. The van der Waals surface area contributed by atoms with Crippen LogP contribution in [0.25, 0.3) is 0 Å². The molecule has 20 heavy (non-hydrogen) atoms. The van der Waals surface area contributed by atoms with Crippen LogP contribution in [0.5, 0.6) is 0 Å². The van der Waals surface area contributed by atoms with Crippen molar-refractivity contribution < 1.29 is 14.6 Å². The molecule has 0 radical (unpaired) electrons. The number of rotatable bonds is 5. The van der Waals surface area contributed by atoms with E-state index in [1.807, 2.05) is 31.2 Å². The first-order valence-corrected chi connectivity index (χ1v) is 7.66. The van der Waals surface area contributed by atoms with E-state index in [-0.39, 0.29) is 24.6 Å². The summed E-state index contributed by atoms with van der Waals surface area (Å²) in [5, 5.41) is 9.19. The van der Waals surface area contributed by atoms with Crippen LogP contribution >= 0.6 is 15.9 Å². The third-order valence-electron chi connectivity index (χ3n) is 3.43. The summed E-state index contributed by atoms with van der Waals surface area (Å²) in [6.07, 6.45) is 0.435. The normalized spacial score (nSPS) is 23.8. The van der Waals surface area contributed by atoms with Crippen molar-refractivity contribution >= 4 is 21.7 Å². The predicted molar refractivity (Wildman–Crippen MR) is 81.0 cm³/mol. The average molecular weight is 342 g/mol. The van der Waals surface area contributed by atoms with E-state index in [9.17, 15) is 9.90 Å². The molecule has 2 atom stereocenters. The van der Waals surface area contributed by atoms with Crippen LogP contribution in [0.4, 0.5) is 0 Å². The second-order valence-corrected chi connectivity index (χ2v) is 6.02. The second kappa shape index (κ2) is 7.31. The number of carbonyl (C=O) groups is 1. The van der Waals surface area contributed by atoms with Gasteiger partial charge in [0.05, 0.1) is 18.8 Å².